The first kappa shape index (κ1) is 25.5. The highest BCUT2D eigenvalue weighted by Gasteiger charge is 2.40. The number of pyridine rings is 1. The van der Waals surface area contributed by atoms with Gasteiger partial charge >= 0.3 is 0 Å². The first-order chi connectivity index (χ1) is 18.3. The number of benzene rings is 2. The van der Waals surface area contributed by atoms with Gasteiger partial charge in [0.1, 0.15) is 40.3 Å². The Hall–Kier alpha value is -4.11. The molecule has 1 fully saturated rings. The molecule has 2 N–H and O–H groups in total. The third-order valence-corrected chi connectivity index (χ3v) is 7.19. The summed E-state index contributed by atoms with van der Waals surface area (Å²) in [5.74, 6) is -1.48. The number of rotatable bonds is 5. The van der Waals surface area contributed by atoms with E-state index >= 15 is 0 Å². The van der Waals surface area contributed by atoms with E-state index in [1.54, 1.807) is 9.80 Å². The van der Waals surface area contributed by atoms with Crippen LogP contribution in [-0.4, -0.2) is 64.0 Å². The minimum Gasteiger partial charge on any atom is -0.507 e. The minimum absolute atomic E-state index is 0.0445. The second-order valence-electron chi connectivity index (χ2n) is 9.19. The van der Waals surface area contributed by atoms with Crippen molar-refractivity contribution < 1.29 is 23.8 Å². The van der Waals surface area contributed by atoms with E-state index in [1.807, 2.05) is 37.3 Å². The number of anilines is 1. The Balaban J connectivity index is 1.64. The average molecular weight is 537 g/mol. The fourth-order valence-corrected chi connectivity index (χ4v) is 5.13. The van der Waals surface area contributed by atoms with Crippen LogP contribution in [0.3, 0.4) is 0 Å². The number of fused-ring (bicyclic) bond motifs is 2. The first-order valence-corrected chi connectivity index (χ1v) is 12.6. The predicted molar refractivity (Wildman–Crippen MR) is 142 cm³/mol. The van der Waals surface area contributed by atoms with Crippen LogP contribution in [0.1, 0.15) is 28.9 Å². The number of carbonyl (C=O) groups excluding carboxylic acids is 2. The molecule has 0 spiro atoms. The molecular formula is C28H26ClFN4O4. The van der Waals surface area contributed by atoms with Crippen LogP contribution in [0.2, 0.25) is 5.02 Å². The summed E-state index contributed by atoms with van der Waals surface area (Å²) in [6.45, 7) is 6.40. The molecule has 1 saturated heterocycles. The van der Waals surface area contributed by atoms with E-state index in [4.69, 9.17) is 16.3 Å². The Labute approximate surface area is 224 Å². The van der Waals surface area contributed by atoms with Gasteiger partial charge in [-0.15, -0.1) is 0 Å². The number of hydrogen-bond acceptors (Lipinski definition) is 6. The van der Waals surface area contributed by atoms with Crippen molar-refractivity contribution in [2.45, 2.75) is 19.0 Å². The second kappa shape index (κ2) is 10.3. The summed E-state index contributed by atoms with van der Waals surface area (Å²) in [7, 11) is 0. The van der Waals surface area contributed by atoms with Gasteiger partial charge in [-0.25, -0.2) is 9.37 Å². The van der Waals surface area contributed by atoms with Gasteiger partial charge in [-0.2, -0.15) is 0 Å². The molecule has 10 heteroatoms. The molecular weight excluding hydrogens is 511 g/mol. The average Bonchev–Trinajstić information content (AvgIpc) is 3.07. The molecule has 1 aromatic heterocycles. The lowest BCUT2D eigenvalue weighted by Gasteiger charge is -2.39. The molecule has 2 amide bonds. The zero-order valence-corrected chi connectivity index (χ0v) is 21.4. The number of carbonyl (C=O) groups is 2. The third-order valence-electron chi connectivity index (χ3n) is 6.84. The van der Waals surface area contributed by atoms with Gasteiger partial charge in [0.15, 0.2) is 5.75 Å². The zero-order valence-electron chi connectivity index (χ0n) is 20.7. The summed E-state index contributed by atoms with van der Waals surface area (Å²) in [6, 6.07) is 12.7. The van der Waals surface area contributed by atoms with Crippen LogP contribution >= 0.6 is 11.6 Å². The third kappa shape index (κ3) is 4.54. The normalized spacial score (nSPS) is 17.6. The Kier molecular flexibility index (Phi) is 6.94. The SMILES string of the molecule is C=CC(=O)N1CCN2C(=O)c3c(N[C@@H](C)c4ccccc4)nc(-c4c(O)cccc4F)c(Cl)c3OCC2C1. The van der Waals surface area contributed by atoms with Gasteiger partial charge in [0.05, 0.1) is 11.6 Å². The molecule has 1 unspecified atom stereocenters. The molecule has 2 atom stereocenters. The lowest BCUT2D eigenvalue weighted by Crippen LogP contribution is -2.57. The van der Waals surface area contributed by atoms with Gasteiger partial charge < -0.3 is 25.0 Å². The van der Waals surface area contributed by atoms with E-state index in [-0.39, 0.29) is 76.7 Å². The standard InChI is InChI=1S/C28H26ClFN4O4/c1-3-21(36)33-12-13-34-18(14-33)15-38-26-23(28(34)37)27(31-16(2)17-8-5-4-6-9-17)32-25(24(26)29)22-19(30)10-7-11-20(22)35/h3-11,16,18,35H,1,12-15H2,2H3,(H,31,32)/t16-,18?/m0/s1. The smallest absolute Gasteiger partial charge is 0.261 e. The van der Waals surface area contributed by atoms with Crippen molar-refractivity contribution in [3.8, 4) is 22.8 Å². The van der Waals surface area contributed by atoms with Gasteiger partial charge in [-0.3, -0.25) is 9.59 Å². The predicted octanol–water partition coefficient (Wildman–Crippen LogP) is 4.65. The molecule has 0 radical (unpaired) electrons. The Morgan fingerprint density at radius 1 is 1.24 bits per heavy atom. The Morgan fingerprint density at radius 3 is 2.71 bits per heavy atom. The molecule has 3 heterocycles. The van der Waals surface area contributed by atoms with Gasteiger partial charge in [-0.05, 0) is 30.7 Å². The van der Waals surface area contributed by atoms with Crippen molar-refractivity contribution in [1.29, 1.82) is 0 Å². The molecule has 0 bridgehead atoms. The van der Waals surface area contributed by atoms with E-state index in [2.05, 4.69) is 16.9 Å². The van der Waals surface area contributed by atoms with Crippen LogP contribution in [-0.2, 0) is 4.79 Å². The maximum absolute atomic E-state index is 14.9. The summed E-state index contributed by atoms with van der Waals surface area (Å²) < 4.78 is 21.0. The Bertz CT molecular complexity index is 1400. The van der Waals surface area contributed by atoms with E-state index in [0.29, 0.717) is 6.54 Å². The molecule has 2 aliphatic rings. The molecule has 0 saturated carbocycles. The summed E-state index contributed by atoms with van der Waals surface area (Å²) in [4.78, 5) is 34.0. The molecule has 5 rings (SSSR count). The highest BCUT2D eigenvalue weighted by molar-refractivity contribution is 6.35. The van der Waals surface area contributed by atoms with Gasteiger partial charge in [-0.1, -0.05) is 54.6 Å². The number of piperazine rings is 1. The summed E-state index contributed by atoms with van der Waals surface area (Å²) in [5.41, 5.74) is 0.796. The monoisotopic (exact) mass is 536 g/mol. The van der Waals surface area contributed by atoms with Crippen molar-refractivity contribution >= 4 is 29.2 Å². The number of ether oxygens (including phenoxy) is 1. The lowest BCUT2D eigenvalue weighted by molar-refractivity contribution is -0.128. The van der Waals surface area contributed by atoms with Crippen molar-refractivity contribution in [3.05, 3.63) is 83.2 Å². The van der Waals surface area contributed by atoms with E-state index < -0.39 is 11.9 Å². The van der Waals surface area contributed by atoms with Crippen molar-refractivity contribution in [2.24, 2.45) is 0 Å². The fraction of sp³-hybridized carbons (Fsp3) is 0.250. The number of nitrogens with zero attached hydrogens (tertiary/aromatic N) is 3. The quantitative estimate of drug-likeness (QED) is 0.461. The molecule has 8 nitrogen and oxygen atoms in total. The molecule has 2 aromatic carbocycles. The lowest BCUT2D eigenvalue weighted by atomic mass is 10.0. The number of phenolic OH excluding ortho intramolecular Hbond substituents is 1. The van der Waals surface area contributed by atoms with E-state index in [0.717, 1.165) is 5.56 Å². The minimum atomic E-state index is -0.725. The number of amides is 2. The van der Waals surface area contributed by atoms with Crippen LogP contribution in [0.4, 0.5) is 10.2 Å². The van der Waals surface area contributed by atoms with Crippen LogP contribution in [0.15, 0.2) is 61.2 Å². The maximum atomic E-state index is 14.9. The molecule has 38 heavy (non-hydrogen) atoms. The topological polar surface area (TPSA) is 95.0 Å². The van der Waals surface area contributed by atoms with Gasteiger partial charge in [0, 0.05) is 25.7 Å². The largest absolute Gasteiger partial charge is 0.507 e. The van der Waals surface area contributed by atoms with Crippen LogP contribution in [0.25, 0.3) is 11.3 Å². The fourth-order valence-electron chi connectivity index (χ4n) is 4.84. The van der Waals surface area contributed by atoms with E-state index in [9.17, 15) is 19.1 Å². The van der Waals surface area contributed by atoms with Crippen LogP contribution in [0, 0.1) is 5.82 Å². The number of halogens is 2. The molecule has 3 aromatic rings. The number of aromatic nitrogens is 1. The molecule has 0 aliphatic carbocycles. The van der Waals surface area contributed by atoms with Crippen LogP contribution in [0.5, 0.6) is 11.5 Å². The van der Waals surface area contributed by atoms with Crippen molar-refractivity contribution in [1.82, 2.24) is 14.8 Å². The van der Waals surface area contributed by atoms with Crippen molar-refractivity contribution in [2.75, 3.05) is 31.6 Å². The number of hydrogen-bond donors (Lipinski definition) is 2. The van der Waals surface area contributed by atoms with Gasteiger partial charge in [0.2, 0.25) is 5.91 Å². The zero-order chi connectivity index (χ0) is 27.0. The second-order valence-corrected chi connectivity index (χ2v) is 9.57. The number of nitrogens with one attached hydrogen (secondary N) is 1. The highest BCUT2D eigenvalue weighted by Crippen LogP contribution is 2.45. The summed E-state index contributed by atoms with van der Waals surface area (Å²) in [5, 5.41) is 13.7. The summed E-state index contributed by atoms with van der Waals surface area (Å²) >= 11 is 6.73. The van der Waals surface area contributed by atoms with Crippen LogP contribution < -0.4 is 10.1 Å². The Morgan fingerprint density at radius 2 is 2.00 bits per heavy atom. The molecule has 196 valence electrons. The number of phenols is 1. The maximum Gasteiger partial charge on any atom is 0.261 e. The molecule has 2 aliphatic heterocycles. The van der Waals surface area contributed by atoms with Gasteiger partial charge in [0.25, 0.3) is 5.91 Å². The van der Waals surface area contributed by atoms with E-state index in [1.165, 1.54) is 24.3 Å². The van der Waals surface area contributed by atoms with Crippen molar-refractivity contribution in [3.63, 3.8) is 0 Å². The summed E-state index contributed by atoms with van der Waals surface area (Å²) in [6.07, 6.45) is 1.24. The number of aromatic hydroxyl groups is 1. The highest BCUT2D eigenvalue weighted by atomic mass is 35.5. The first-order valence-electron chi connectivity index (χ1n) is 12.2.